The van der Waals surface area contributed by atoms with Crippen LogP contribution in [-0.2, 0) is 16.1 Å². The molecule has 2 aromatic carbocycles. The monoisotopic (exact) mass is 484 g/mol. The molecule has 8 heteroatoms. The summed E-state index contributed by atoms with van der Waals surface area (Å²) in [6.07, 6.45) is 4.52. The van der Waals surface area contributed by atoms with E-state index in [9.17, 15) is 14.4 Å². The number of rotatable bonds is 5. The molecule has 1 atom stereocenters. The van der Waals surface area contributed by atoms with Gasteiger partial charge in [0.2, 0.25) is 11.8 Å². The molecule has 184 valence electrons. The molecule has 0 spiro atoms. The maximum Gasteiger partial charge on any atom is 0.255 e. The number of carbonyl (C=O) groups excluding carboxylic acids is 3. The molecule has 3 amide bonds. The van der Waals surface area contributed by atoms with Crippen LogP contribution in [0.1, 0.15) is 41.6 Å². The van der Waals surface area contributed by atoms with Gasteiger partial charge in [0, 0.05) is 47.9 Å². The highest BCUT2D eigenvalue weighted by Gasteiger charge is 2.40. The van der Waals surface area contributed by atoms with Crippen LogP contribution >= 0.6 is 0 Å². The van der Waals surface area contributed by atoms with E-state index in [1.807, 2.05) is 30.5 Å². The van der Waals surface area contributed by atoms with Gasteiger partial charge in [-0.2, -0.15) is 0 Å². The van der Waals surface area contributed by atoms with Gasteiger partial charge in [-0.3, -0.25) is 24.7 Å². The van der Waals surface area contributed by atoms with E-state index in [-0.39, 0.29) is 18.2 Å². The van der Waals surface area contributed by atoms with E-state index in [0.29, 0.717) is 36.8 Å². The molecule has 1 unspecified atom stereocenters. The van der Waals surface area contributed by atoms with Crippen molar-refractivity contribution in [2.75, 3.05) is 24.6 Å². The molecule has 6 rings (SSSR count). The van der Waals surface area contributed by atoms with Crippen LogP contribution in [0.3, 0.4) is 0 Å². The molecule has 0 radical (unpaired) electrons. The first-order chi connectivity index (χ1) is 17.6. The zero-order valence-electron chi connectivity index (χ0n) is 20.0. The molecule has 1 N–H and O–H groups in total. The zero-order valence-corrected chi connectivity index (χ0v) is 20.0. The second-order valence-electron chi connectivity index (χ2n) is 9.77. The third-order valence-electron chi connectivity index (χ3n) is 7.59. The molecule has 0 saturated carbocycles. The van der Waals surface area contributed by atoms with Gasteiger partial charge in [0.25, 0.3) is 5.91 Å². The number of hydrogen-bond donors (Lipinski definition) is 1. The molecule has 3 aromatic rings. The van der Waals surface area contributed by atoms with Crippen molar-refractivity contribution in [2.45, 2.75) is 38.3 Å². The fourth-order valence-corrected chi connectivity index (χ4v) is 5.60. The topological polar surface area (TPSA) is 91.8 Å². The second kappa shape index (κ2) is 9.26. The molecular weight excluding hydrogens is 456 g/mol. The van der Waals surface area contributed by atoms with Crippen molar-refractivity contribution >= 4 is 34.3 Å². The van der Waals surface area contributed by atoms with Gasteiger partial charge in [0.15, 0.2) is 0 Å². The van der Waals surface area contributed by atoms with Crippen LogP contribution in [0.4, 0.5) is 5.69 Å². The Balaban J connectivity index is 1.09. The number of imide groups is 1. The Morgan fingerprint density at radius 1 is 0.972 bits per heavy atom. The summed E-state index contributed by atoms with van der Waals surface area (Å²) in [6.45, 7) is 2.82. The molecule has 3 aliphatic rings. The Hall–Kier alpha value is -3.94. The van der Waals surface area contributed by atoms with Crippen LogP contribution in [0, 0.1) is 5.92 Å². The Morgan fingerprint density at radius 2 is 1.81 bits per heavy atom. The Kier molecular flexibility index (Phi) is 5.79. The number of piperidine rings is 2. The summed E-state index contributed by atoms with van der Waals surface area (Å²) in [5.74, 6) is 0.269. The fraction of sp³-hybridized carbons (Fsp3) is 0.357. The van der Waals surface area contributed by atoms with Crippen LogP contribution in [0.15, 0.2) is 54.7 Å². The lowest BCUT2D eigenvalue weighted by atomic mass is 9.97. The number of ether oxygens (including phenoxy) is 1. The molecule has 1 aromatic heterocycles. The number of benzene rings is 2. The number of nitrogens with zero attached hydrogens (tertiary/aromatic N) is 3. The number of amides is 3. The molecule has 36 heavy (non-hydrogen) atoms. The zero-order chi connectivity index (χ0) is 24.6. The third-order valence-corrected chi connectivity index (χ3v) is 7.59. The molecular formula is C28H28N4O4. The first-order valence-corrected chi connectivity index (χ1v) is 12.6. The van der Waals surface area contributed by atoms with E-state index < -0.39 is 11.9 Å². The van der Waals surface area contributed by atoms with Crippen molar-refractivity contribution in [3.63, 3.8) is 0 Å². The molecule has 4 heterocycles. The van der Waals surface area contributed by atoms with Crippen LogP contribution in [0.5, 0.6) is 5.75 Å². The van der Waals surface area contributed by atoms with Crippen molar-refractivity contribution in [1.82, 2.24) is 15.2 Å². The molecule has 2 fully saturated rings. The van der Waals surface area contributed by atoms with Gasteiger partial charge in [0.1, 0.15) is 11.8 Å². The Labute approximate surface area is 209 Å². The van der Waals surface area contributed by atoms with Crippen LogP contribution in [-0.4, -0.2) is 53.3 Å². The average molecular weight is 485 g/mol. The molecule has 2 saturated heterocycles. The van der Waals surface area contributed by atoms with Gasteiger partial charge in [-0.25, -0.2) is 0 Å². The highest BCUT2D eigenvalue weighted by molar-refractivity contribution is 6.05. The lowest BCUT2D eigenvalue weighted by Crippen LogP contribution is -2.52. The number of hydrogen-bond acceptors (Lipinski definition) is 6. The predicted octanol–water partition coefficient (Wildman–Crippen LogP) is 3.29. The number of fused-ring (bicyclic) bond motifs is 2. The number of nitrogens with one attached hydrogen (secondary N) is 1. The van der Waals surface area contributed by atoms with Crippen LogP contribution in [0.2, 0.25) is 0 Å². The number of para-hydroxylation sites is 1. The second-order valence-corrected chi connectivity index (χ2v) is 9.77. The van der Waals surface area contributed by atoms with E-state index in [2.05, 4.69) is 33.4 Å². The first kappa shape index (κ1) is 22.5. The molecule has 8 nitrogen and oxygen atoms in total. The van der Waals surface area contributed by atoms with E-state index in [0.717, 1.165) is 37.0 Å². The summed E-state index contributed by atoms with van der Waals surface area (Å²) in [7, 11) is 0. The van der Waals surface area contributed by atoms with Gasteiger partial charge >= 0.3 is 0 Å². The molecule has 3 aliphatic heterocycles. The summed E-state index contributed by atoms with van der Waals surface area (Å²) in [5, 5.41) is 3.53. The minimum Gasteiger partial charge on any atom is -0.493 e. The quantitative estimate of drug-likeness (QED) is 0.559. The lowest BCUT2D eigenvalue weighted by molar-refractivity contribution is -0.136. The Bertz CT molecular complexity index is 1340. The van der Waals surface area contributed by atoms with Crippen molar-refractivity contribution < 1.29 is 19.1 Å². The van der Waals surface area contributed by atoms with Crippen molar-refractivity contribution in [2.24, 2.45) is 5.92 Å². The fourth-order valence-electron chi connectivity index (χ4n) is 5.60. The minimum atomic E-state index is -0.621. The van der Waals surface area contributed by atoms with Crippen molar-refractivity contribution in [3.05, 3.63) is 65.9 Å². The predicted molar refractivity (Wildman–Crippen MR) is 135 cm³/mol. The van der Waals surface area contributed by atoms with E-state index in [4.69, 9.17) is 4.74 Å². The molecule has 0 bridgehead atoms. The van der Waals surface area contributed by atoms with Gasteiger partial charge in [-0.1, -0.05) is 24.3 Å². The summed E-state index contributed by atoms with van der Waals surface area (Å²) in [6, 6.07) is 15.2. The van der Waals surface area contributed by atoms with Crippen LogP contribution < -0.4 is 15.0 Å². The van der Waals surface area contributed by atoms with E-state index in [1.165, 1.54) is 11.1 Å². The normalized spacial score (nSPS) is 20.6. The highest BCUT2D eigenvalue weighted by atomic mass is 16.5. The largest absolute Gasteiger partial charge is 0.493 e. The van der Waals surface area contributed by atoms with E-state index >= 15 is 0 Å². The number of anilines is 1. The smallest absolute Gasteiger partial charge is 0.255 e. The van der Waals surface area contributed by atoms with Gasteiger partial charge in [-0.15, -0.1) is 0 Å². The van der Waals surface area contributed by atoms with E-state index in [1.54, 1.807) is 11.0 Å². The standard InChI is InChI=1S/C28H28N4O4/c33-26-9-8-24(27(34)30-26)32-16-21-19(28(32)35)5-3-7-25(21)36-17-18-11-14-31(15-12-18)23-10-13-29-22-6-2-1-4-20(22)23/h1-7,10,13,18,24H,8-9,11-12,14-17H2,(H,30,33,34). The third kappa shape index (κ3) is 4.06. The number of pyridine rings is 1. The average Bonchev–Trinajstić information content (AvgIpc) is 3.24. The number of carbonyl (C=O) groups is 3. The lowest BCUT2D eigenvalue weighted by Gasteiger charge is -2.34. The van der Waals surface area contributed by atoms with Gasteiger partial charge in [0.05, 0.1) is 18.7 Å². The maximum atomic E-state index is 13.0. The summed E-state index contributed by atoms with van der Waals surface area (Å²) in [4.78, 5) is 45.4. The van der Waals surface area contributed by atoms with Crippen molar-refractivity contribution in [3.8, 4) is 5.75 Å². The van der Waals surface area contributed by atoms with Gasteiger partial charge in [-0.05, 0) is 49.4 Å². The summed E-state index contributed by atoms with van der Waals surface area (Å²) < 4.78 is 6.27. The number of aromatic nitrogens is 1. The maximum absolute atomic E-state index is 13.0. The Morgan fingerprint density at radius 3 is 2.64 bits per heavy atom. The summed E-state index contributed by atoms with van der Waals surface area (Å²) in [5.41, 5.74) is 3.65. The van der Waals surface area contributed by atoms with Crippen LogP contribution in [0.25, 0.3) is 10.9 Å². The SMILES string of the molecule is O=C1CCC(N2Cc3c(OCC4CCN(c5ccnc6ccccc56)CC4)cccc3C2=O)C(=O)N1. The van der Waals surface area contributed by atoms with Crippen molar-refractivity contribution in [1.29, 1.82) is 0 Å². The first-order valence-electron chi connectivity index (χ1n) is 12.6. The summed E-state index contributed by atoms with van der Waals surface area (Å²) >= 11 is 0. The molecule has 0 aliphatic carbocycles. The highest BCUT2D eigenvalue weighted by Crippen LogP contribution is 2.35. The van der Waals surface area contributed by atoms with Gasteiger partial charge < -0.3 is 14.5 Å². The minimum absolute atomic E-state index is 0.178.